The normalized spacial score (nSPS) is 17.9. The van der Waals surface area contributed by atoms with Crippen LogP contribution in [-0.2, 0) is 30.6 Å². The average molecular weight is 685 g/mol. The molecule has 1 fully saturated rings. The number of sulfone groups is 1. The van der Waals surface area contributed by atoms with Crippen LogP contribution in [0.3, 0.4) is 0 Å². The van der Waals surface area contributed by atoms with Crippen molar-refractivity contribution in [1.29, 1.82) is 0 Å². The number of hydrogen-bond donors (Lipinski definition) is 3. The number of hydrogen-bond acceptors (Lipinski definition) is 7. The van der Waals surface area contributed by atoms with E-state index in [0.717, 1.165) is 22.8 Å². The van der Waals surface area contributed by atoms with Crippen LogP contribution < -0.4 is 16.0 Å². The molecule has 0 saturated carbocycles. The van der Waals surface area contributed by atoms with E-state index in [-0.39, 0.29) is 30.0 Å². The Morgan fingerprint density at radius 3 is 2.12 bits per heavy atom. The number of aromatic nitrogens is 1. The molecule has 5 rings (SSSR count). The number of nitrogens with one attached hydrogen (secondary N) is 3. The van der Waals surface area contributed by atoms with Gasteiger partial charge in [0.1, 0.15) is 17.8 Å². The van der Waals surface area contributed by atoms with Gasteiger partial charge in [-0.15, -0.1) is 0 Å². The number of ether oxygens (including phenoxy) is 1. The van der Waals surface area contributed by atoms with Crippen LogP contribution in [0.2, 0.25) is 0 Å². The number of fused-ring (bicyclic) bond motifs is 1. The van der Waals surface area contributed by atoms with Gasteiger partial charge in [-0.1, -0.05) is 98.8 Å². The highest BCUT2D eigenvalue weighted by Crippen LogP contribution is 2.32. The number of amides is 3. The molecule has 3 aromatic carbocycles. The fraction of sp³-hybridized carbons (Fsp3) is 0.368. The minimum atomic E-state index is -3.86. The summed E-state index contributed by atoms with van der Waals surface area (Å²) in [6.45, 7) is 6.91. The summed E-state index contributed by atoms with van der Waals surface area (Å²) in [6, 6.07) is 27.6. The summed E-state index contributed by atoms with van der Waals surface area (Å²) in [7, 11) is -3.86. The Kier molecular flexibility index (Phi) is 10.8. The molecule has 1 aliphatic rings. The maximum atomic E-state index is 14.1. The highest BCUT2D eigenvalue weighted by atomic mass is 32.2. The van der Waals surface area contributed by atoms with E-state index in [4.69, 9.17) is 4.74 Å². The zero-order chi connectivity index (χ0) is 35.3. The zero-order valence-corrected chi connectivity index (χ0v) is 29.2. The number of benzene rings is 3. The van der Waals surface area contributed by atoms with Crippen LogP contribution in [0.4, 0.5) is 0 Å². The standard InChI is InChI=1S/C38H44N4O6S/c1-24(2)33(27-17-10-7-11-18-27)41-32(43)23-31-34(48-31)30(22-25-14-8-6-9-15-25)40-37(45)35(38(3,4)49(5,46)47)42-36(44)29-21-20-26-16-12-13-19-28(26)39-29/h6-21,24,30-31,33-35H,22-23H2,1-5H3,(H,40,45)(H,41,43)(H,42,44)/t30-,31-,33+,34+,35+/m0/s1. The van der Waals surface area contributed by atoms with Gasteiger partial charge in [0.05, 0.1) is 34.9 Å². The third-order valence-electron chi connectivity index (χ3n) is 9.19. The fourth-order valence-corrected chi connectivity index (χ4v) is 6.53. The first kappa shape index (κ1) is 35.7. The van der Waals surface area contributed by atoms with Crippen LogP contribution in [0.5, 0.6) is 0 Å². The topological polar surface area (TPSA) is 147 Å². The van der Waals surface area contributed by atoms with E-state index >= 15 is 0 Å². The van der Waals surface area contributed by atoms with Gasteiger partial charge in [-0.05, 0) is 49.4 Å². The first-order chi connectivity index (χ1) is 23.2. The van der Waals surface area contributed by atoms with E-state index in [1.807, 2.05) is 86.6 Å². The van der Waals surface area contributed by atoms with E-state index in [0.29, 0.717) is 11.9 Å². The summed E-state index contributed by atoms with van der Waals surface area (Å²) in [5.74, 6) is -1.39. The number of carbonyl (C=O) groups is 3. The molecule has 0 aliphatic carbocycles. The molecular weight excluding hydrogens is 641 g/mol. The average Bonchev–Trinajstić information content (AvgIpc) is 3.84. The monoisotopic (exact) mass is 684 g/mol. The molecule has 0 spiro atoms. The van der Waals surface area contributed by atoms with Crippen molar-refractivity contribution in [1.82, 2.24) is 20.9 Å². The van der Waals surface area contributed by atoms with Crippen molar-refractivity contribution in [2.24, 2.45) is 5.92 Å². The van der Waals surface area contributed by atoms with Gasteiger partial charge < -0.3 is 20.7 Å². The zero-order valence-electron chi connectivity index (χ0n) is 28.4. The predicted octanol–water partition coefficient (Wildman–Crippen LogP) is 4.55. The molecule has 1 aliphatic heterocycles. The molecule has 3 N–H and O–H groups in total. The van der Waals surface area contributed by atoms with Crippen molar-refractivity contribution in [2.75, 3.05) is 6.26 Å². The molecule has 49 heavy (non-hydrogen) atoms. The number of rotatable bonds is 14. The summed E-state index contributed by atoms with van der Waals surface area (Å²) < 4.78 is 30.3. The quantitative estimate of drug-likeness (QED) is 0.165. The Morgan fingerprint density at radius 2 is 1.47 bits per heavy atom. The molecule has 11 heteroatoms. The van der Waals surface area contributed by atoms with Gasteiger partial charge in [-0.25, -0.2) is 13.4 Å². The van der Waals surface area contributed by atoms with Gasteiger partial charge >= 0.3 is 0 Å². The van der Waals surface area contributed by atoms with Crippen molar-refractivity contribution in [2.45, 2.75) is 75.6 Å². The SMILES string of the molecule is CC(C)[C@@H](NC(=O)C[C@@H]1O[C@@H]1[C@H](Cc1ccccc1)NC(=O)[C@@H](NC(=O)c1ccc2ccccc2n1)C(C)(C)S(C)(=O)=O)c1ccccc1. The lowest BCUT2D eigenvalue weighted by atomic mass is 9.95. The van der Waals surface area contributed by atoms with Crippen LogP contribution in [0, 0.1) is 5.92 Å². The number of para-hydroxylation sites is 1. The predicted molar refractivity (Wildman–Crippen MR) is 189 cm³/mol. The molecule has 4 aromatic rings. The Balaban J connectivity index is 1.35. The first-order valence-corrected chi connectivity index (χ1v) is 18.3. The van der Waals surface area contributed by atoms with Gasteiger partial charge in [0.15, 0.2) is 9.84 Å². The maximum Gasteiger partial charge on any atom is 0.270 e. The van der Waals surface area contributed by atoms with Crippen LogP contribution >= 0.6 is 0 Å². The molecule has 0 unspecified atom stereocenters. The Bertz CT molecular complexity index is 1900. The van der Waals surface area contributed by atoms with Crippen molar-refractivity contribution in [3.05, 3.63) is 114 Å². The van der Waals surface area contributed by atoms with E-state index in [2.05, 4.69) is 20.9 Å². The third kappa shape index (κ3) is 8.71. The van der Waals surface area contributed by atoms with Gasteiger partial charge in [-0.2, -0.15) is 0 Å². The maximum absolute atomic E-state index is 14.1. The lowest BCUT2D eigenvalue weighted by Gasteiger charge is -2.33. The minimum absolute atomic E-state index is 0.0495. The summed E-state index contributed by atoms with van der Waals surface area (Å²) in [6.07, 6.45) is 0.512. The Morgan fingerprint density at radius 1 is 0.837 bits per heavy atom. The molecule has 1 aromatic heterocycles. The number of carbonyl (C=O) groups excluding carboxylic acids is 3. The second-order valence-corrected chi connectivity index (χ2v) is 16.1. The van der Waals surface area contributed by atoms with Gasteiger partial charge in [0, 0.05) is 11.6 Å². The lowest BCUT2D eigenvalue weighted by Crippen LogP contribution is -2.62. The van der Waals surface area contributed by atoms with Crippen molar-refractivity contribution < 1.29 is 27.5 Å². The van der Waals surface area contributed by atoms with E-state index in [1.54, 1.807) is 18.2 Å². The number of nitrogens with zero attached hydrogens (tertiary/aromatic N) is 1. The molecule has 5 atom stereocenters. The third-order valence-corrected chi connectivity index (χ3v) is 11.3. The van der Waals surface area contributed by atoms with Gasteiger partial charge in [-0.3, -0.25) is 14.4 Å². The Hall–Kier alpha value is -4.61. The molecule has 3 amide bonds. The molecule has 1 saturated heterocycles. The second kappa shape index (κ2) is 14.9. The molecule has 10 nitrogen and oxygen atoms in total. The summed E-state index contributed by atoms with van der Waals surface area (Å²) in [5.41, 5.74) is 2.56. The fourth-order valence-electron chi connectivity index (χ4n) is 5.94. The number of pyridine rings is 1. The smallest absolute Gasteiger partial charge is 0.270 e. The van der Waals surface area contributed by atoms with Crippen molar-refractivity contribution in [3.63, 3.8) is 0 Å². The van der Waals surface area contributed by atoms with E-state index in [1.165, 1.54) is 19.9 Å². The molecule has 2 heterocycles. The molecule has 0 radical (unpaired) electrons. The van der Waals surface area contributed by atoms with Crippen LogP contribution in [0.15, 0.2) is 97.1 Å². The van der Waals surface area contributed by atoms with Crippen LogP contribution in [0.1, 0.15) is 61.8 Å². The van der Waals surface area contributed by atoms with Crippen LogP contribution in [-0.4, -0.2) is 66.4 Å². The molecule has 258 valence electrons. The first-order valence-electron chi connectivity index (χ1n) is 16.4. The lowest BCUT2D eigenvalue weighted by molar-refractivity contribution is -0.124. The summed E-state index contributed by atoms with van der Waals surface area (Å²) in [4.78, 5) is 45.2. The van der Waals surface area contributed by atoms with E-state index in [9.17, 15) is 22.8 Å². The van der Waals surface area contributed by atoms with Crippen LogP contribution in [0.25, 0.3) is 10.9 Å². The highest BCUT2D eigenvalue weighted by Gasteiger charge is 2.49. The van der Waals surface area contributed by atoms with E-state index < -0.39 is 50.7 Å². The molecule has 0 bridgehead atoms. The highest BCUT2D eigenvalue weighted by molar-refractivity contribution is 7.92. The summed E-state index contributed by atoms with van der Waals surface area (Å²) >= 11 is 0. The molecular formula is C38H44N4O6S. The Labute approximate surface area is 288 Å². The summed E-state index contributed by atoms with van der Waals surface area (Å²) in [5, 5.41) is 9.62. The van der Waals surface area contributed by atoms with Gasteiger partial charge in [0.25, 0.3) is 5.91 Å². The van der Waals surface area contributed by atoms with Gasteiger partial charge in [0.2, 0.25) is 11.8 Å². The minimum Gasteiger partial charge on any atom is -0.367 e. The largest absolute Gasteiger partial charge is 0.367 e. The van der Waals surface area contributed by atoms with Crippen molar-refractivity contribution >= 4 is 38.5 Å². The number of epoxide rings is 1. The second-order valence-electron chi connectivity index (χ2n) is 13.5. The van der Waals surface area contributed by atoms with Crippen molar-refractivity contribution in [3.8, 4) is 0 Å².